The molecular formula is C16H23N. The first-order valence-corrected chi connectivity index (χ1v) is 6.72. The lowest BCUT2D eigenvalue weighted by atomic mass is 9.93. The van der Waals surface area contributed by atoms with E-state index in [2.05, 4.69) is 56.2 Å². The van der Waals surface area contributed by atoms with E-state index in [-0.39, 0.29) is 0 Å². The molecule has 92 valence electrons. The van der Waals surface area contributed by atoms with E-state index in [9.17, 15) is 0 Å². The van der Waals surface area contributed by atoms with Crippen molar-refractivity contribution in [1.82, 2.24) is 4.98 Å². The molecule has 0 saturated heterocycles. The number of aromatic amines is 1. The minimum absolute atomic E-state index is 0.775. The van der Waals surface area contributed by atoms with Crippen LogP contribution in [0.4, 0.5) is 0 Å². The van der Waals surface area contributed by atoms with Crippen molar-refractivity contribution in [3.05, 3.63) is 36.0 Å². The van der Waals surface area contributed by atoms with Gasteiger partial charge < -0.3 is 4.98 Å². The summed E-state index contributed by atoms with van der Waals surface area (Å²) in [6.45, 7) is 6.97. The number of para-hydroxylation sites is 1. The summed E-state index contributed by atoms with van der Waals surface area (Å²) in [5, 5.41) is 1.39. The lowest BCUT2D eigenvalue weighted by Crippen LogP contribution is -2.01. The van der Waals surface area contributed by atoms with Gasteiger partial charge in [-0.05, 0) is 29.9 Å². The van der Waals surface area contributed by atoms with Crippen LogP contribution >= 0.6 is 0 Å². The van der Waals surface area contributed by atoms with Crippen molar-refractivity contribution in [2.75, 3.05) is 0 Å². The van der Waals surface area contributed by atoms with Gasteiger partial charge in [-0.25, -0.2) is 0 Å². The molecule has 1 atom stereocenters. The summed E-state index contributed by atoms with van der Waals surface area (Å²) in [5.74, 6) is 1.59. The molecule has 0 aliphatic carbocycles. The Labute approximate surface area is 104 Å². The number of nitrogens with one attached hydrogen (secondary N) is 1. The summed E-state index contributed by atoms with van der Waals surface area (Å²) in [6, 6.07) is 8.58. The van der Waals surface area contributed by atoms with Gasteiger partial charge in [-0.3, -0.25) is 0 Å². The van der Waals surface area contributed by atoms with Gasteiger partial charge in [-0.2, -0.15) is 0 Å². The summed E-state index contributed by atoms with van der Waals surface area (Å²) in [6.07, 6.45) is 6.04. The van der Waals surface area contributed by atoms with E-state index in [0.717, 1.165) is 11.8 Å². The number of aromatic nitrogens is 1. The highest BCUT2D eigenvalue weighted by Crippen LogP contribution is 2.23. The molecule has 2 rings (SSSR count). The van der Waals surface area contributed by atoms with Crippen LogP contribution in [0.1, 0.15) is 39.2 Å². The number of hydrogen-bond donors (Lipinski definition) is 1. The van der Waals surface area contributed by atoms with E-state index >= 15 is 0 Å². The maximum absolute atomic E-state index is 3.36. The Morgan fingerprint density at radius 3 is 2.59 bits per heavy atom. The number of hydrogen-bond acceptors (Lipinski definition) is 0. The van der Waals surface area contributed by atoms with Crippen LogP contribution in [0.3, 0.4) is 0 Å². The van der Waals surface area contributed by atoms with Gasteiger partial charge in [-0.1, -0.05) is 51.8 Å². The fraction of sp³-hybridized carbons (Fsp3) is 0.500. The molecule has 0 bridgehead atoms. The first kappa shape index (κ1) is 12.2. The minimum Gasteiger partial charge on any atom is -0.361 e. The van der Waals surface area contributed by atoms with Crippen LogP contribution in [0.5, 0.6) is 0 Å². The Hall–Kier alpha value is -1.24. The third kappa shape index (κ3) is 3.12. The number of H-pyrrole nitrogens is 1. The molecule has 1 heteroatoms. The molecule has 17 heavy (non-hydrogen) atoms. The van der Waals surface area contributed by atoms with E-state index in [1.165, 1.54) is 35.7 Å². The lowest BCUT2D eigenvalue weighted by Gasteiger charge is -2.12. The van der Waals surface area contributed by atoms with Crippen molar-refractivity contribution in [2.24, 2.45) is 11.8 Å². The molecule has 0 amide bonds. The number of rotatable bonds is 5. The molecule has 2 aromatic rings. The molecule has 1 aromatic carbocycles. The third-order valence-electron chi connectivity index (χ3n) is 3.48. The molecular weight excluding hydrogens is 206 g/mol. The Balaban J connectivity index is 2.03. The van der Waals surface area contributed by atoms with Crippen molar-refractivity contribution in [2.45, 2.75) is 40.0 Å². The molecule has 0 radical (unpaired) electrons. The van der Waals surface area contributed by atoms with Crippen molar-refractivity contribution in [3.8, 4) is 0 Å². The van der Waals surface area contributed by atoms with Gasteiger partial charge in [0.1, 0.15) is 0 Å². The average molecular weight is 229 g/mol. The zero-order valence-corrected chi connectivity index (χ0v) is 11.2. The average Bonchev–Trinajstić information content (AvgIpc) is 2.70. The SMILES string of the molecule is CC(C)CCC(C)Cc1c[nH]c2ccccc12. The highest BCUT2D eigenvalue weighted by Gasteiger charge is 2.08. The van der Waals surface area contributed by atoms with E-state index in [4.69, 9.17) is 0 Å². The maximum atomic E-state index is 3.36. The Morgan fingerprint density at radius 2 is 1.82 bits per heavy atom. The lowest BCUT2D eigenvalue weighted by molar-refractivity contribution is 0.449. The third-order valence-corrected chi connectivity index (χ3v) is 3.48. The summed E-state index contributed by atoms with van der Waals surface area (Å²) in [5.41, 5.74) is 2.73. The predicted molar refractivity (Wildman–Crippen MR) is 75.2 cm³/mol. The second-order valence-corrected chi connectivity index (χ2v) is 5.64. The topological polar surface area (TPSA) is 15.8 Å². The van der Waals surface area contributed by atoms with Crippen LogP contribution in [-0.2, 0) is 6.42 Å². The molecule has 1 heterocycles. The zero-order valence-electron chi connectivity index (χ0n) is 11.2. The molecule has 0 aliphatic heterocycles. The normalized spacial score (nSPS) is 13.4. The fourth-order valence-electron chi connectivity index (χ4n) is 2.40. The van der Waals surface area contributed by atoms with Crippen molar-refractivity contribution in [1.29, 1.82) is 0 Å². The Morgan fingerprint density at radius 1 is 1.06 bits per heavy atom. The van der Waals surface area contributed by atoms with Gasteiger partial charge in [0, 0.05) is 17.1 Å². The maximum Gasteiger partial charge on any atom is 0.0456 e. The summed E-state index contributed by atoms with van der Waals surface area (Å²) in [4.78, 5) is 3.36. The van der Waals surface area contributed by atoms with Crippen molar-refractivity contribution >= 4 is 10.9 Å². The van der Waals surface area contributed by atoms with E-state index in [1.54, 1.807) is 0 Å². The van der Waals surface area contributed by atoms with Gasteiger partial charge in [-0.15, -0.1) is 0 Å². The van der Waals surface area contributed by atoms with Crippen LogP contribution in [0.15, 0.2) is 30.5 Å². The molecule has 0 saturated carbocycles. The smallest absolute Gasteiger partial charge is 0.0456 e. The highest BCUT2D eigenvalue weighted by molar-refractivity contribution is 5.83. The Bertz CT molecular complexity index is 467. The van der Waals surface area contributed by atoms with Crippen LogP contribution in [-0.4, -0.2) is 4.98 Å². The first-order chi connectivity index (χ1) is 8.16. The number of benzene rings is 1. The molecule has 1 unspecified atom stereocenters. The standard InChI is InChI=1S/C16H23N/c1-12(2)8-9-13(3)10-14-11-17-16-7-5-4-6-15(14)16/h4-7,11-13,17H,8-10H2,1-3H3. The van der Waals surface area contributed by atoms with E-state index < -0.39 is 0 Å². The summed E-state index contributed by atoms with van der Waals surface area (Å²) < 4.78 is 0. The number of fused-ring (bicyclic) bond motifs is 1. The summed E-state index contributed by atoms with van der Waals surface area (Å²) >= 11 is 0. The van der Waals surface area contributed by atoms with Gasteiger partial charge in [0.05, 0.1) is 0 Å². The van der Waals surface area contributed by atoms with Crippen molar-refractivity contribution < 1.29 is 0 Å². The molecule has 0 fully saturated rings. The van der Waals surface area contributed by atoms with Crippen LogP contribution in [0, 0.1) is 11.8 Å². The van der Waals surface area contributed by atoms with Gasteiger partial charge in [0.15, 0.2) is 0 Å². The molecule has 1 nitrogen and oxygen atoms in total. The zero-order chi connectivity index (χ0) is 12.3. The largest absolute Gasteiger partial charge is 0.361 e. The van der Waals surface area contributed by atoms with Crippen molar-refractivity contribution in [3.63, 3.8) is 0 Å². The highest BCUT2D eigenvalue weighted by atomic mass is 14.7. The molecule has 0 aliphatic rings. The van der Waals surface area contributed by atoms with Crippen LogP contribution < -0.4 is 0 Å². The minimum atomic E-state index is 0.775. The monoisotopic (exact) mass is 229 g/mol. The molecule has 1 aromatic heterocycles. The Kier molecular flexibility index (Phi) is 3.88. The van der Waals surface area contributed by atoms with E-state index in [1.807, 2.05) is 0 Å². The van der Waals surface area contributed by atoms with Gasteiger partial charge in [0.25, 0.3) is 0 Å². The van der Waals surface area contributed by atoms with Gasteiger partial charge >= 0.3 is 0 Å². The predicted octanol–water partition coefficient (Wildman–Crippen LogP) is 4.78. The second-order valence-electron chi connectivity index (χ2n) is 5.64. The summed E-state index contributed by atoms with van der Waals surface area (Å²) in [7, 11) is 0. The van der Waals surface area contributed by atoms with E-state index in [0.29, 0.717) is 0 Å². The van der Waals surface area contributed by atoms with Gasteiger partial charge in [0.2, 0.25) is 0 Å². The van der Waals surface area contributed by atoms with Crippen LogP contribution in [0.2, 0.25) is 0 Å². The second kappa shape index (κ2) is 5.39. The molecule has 0 spiro atoms. The first-order valence-electron chi connectivity index (χ1n) is 6.72. The fourth-order valence-corrected chi connectivity index (χ4v) is 2.40. The quantitative estimate of drug-likeness (QED) is 0.759. The molecule has 1 N–H and O–H groups in total. The van der Waals surface area contributed by atoms with Crippen LogP contribution in [0.25, 0.3) is 10.9 Å².